The van der Waals surface area contributed by atoms with E-state index in [1.54, 1.807) is 0 Å². The van der Waals surface area contributed by atoms with Crippen LogP contribution in [0.25, 0.3) is 0 Å². The molecule has 3 nitrogen and oxygen atoms in total. The second kappa shape index (κ2) is 12.0. The number of carboxylic acids is 1. The number of unbranched alkanes of at least 4 members (excludes halogenated alkanes) is 2. The van der Waals surface area contributed by atoms with Gasteiger partial charge in [0.1, 0.15) is 0 Å². The monoisotopic (exact) mass is 302 g/mol. The second-order valence-electron chi connectivity index (χ2n) is 7.12. The largest absolute Gasteiger partial charge is 0.481 e. The minimum atomic E-state index is -0.675. The fraction of sp³-hybridized carbons (Fsp3) is 0.944. The van der Waals surface area contributed by atoms with Crippen molar-refractivity contribution in [3.63, 3.8) is 0 Å². The van der Waals surface area contributed by atoms with E-state index in [1.807, 2.05) is 0 Å². The van der Waals surface area contributed by atoms with Crippen LogP contribution in [0.2, 0.25) is 0 Å². The molecule has 0 aromatic heterocycles. The number of aliphatic carboxylic acids is 1. The van der Waals surface area contributed by atoms with Crippen LogP contribution in [0, 0.1) is 5.41 Å². The van der Waals surface area contributed by atoms with Crippen LogP contribution in [0.1, 0.15) is 80.6 Å². The van der Waals surface area contributed by atoms with Crippen molar-refractivity contribution in [2.75, 3.05) is 26.2 Å². The molecule has 0 atom stereocenters. The van der Waals surface area contributed by atoms with E-state index in [-0.39, 0.29) is 0 Å². The molecule has 0 fully saturated rings. The van der Waals surface area contributed by atoms with E-state index >= 15 is 0 Å². The van der Waals surface area contributed by atoms with Crippen molar-refractivity contribution in [2.45, 2.75) is 80.6 Å². The lowest BCUT2D eigenvalue weighted by atomic mass is 9.89. The fourth-order valence-corrected chi connectivity index (χ4v) is 2.45. The van der Waals surface area contributed by atoms with Crippen molar-refractivity contribution in [1.82, 2.24) is 0 Å². The van der Waals surface area contributed by atoms with Gasteiger partial charge in [-0.2, -0.15) is 0 Å². The number of carboxylic acid groups (broad SMARTS) is 1. The van der Waals surface area contributed by atoms with Crippen molar-refractivity contribution in [1.29, 1.82) is 0 Å². The van der Waals surface area contributed by atoms with Gasteiger partial charge in [-0.25, -0.2) is 0 Å². The lowest BCUT2D eigenvalue weighted by Crippen LogP contribution is -2.47. The first-order valence-corrected chi connectivity index (χ1v) is 8.73. The predicted molar refractivity (Wildman–Crippen MR) is 92.6 cm³/mol. The van der Waals surface area contributed by atoms with Gasteiger partial charge in [0.05, 0.1) is 26.2 Å². The lowest BCUT2D eigenvalue weighted by molar-refractivity contribution is -0.921. The summed E-state index contributed by atoms with van der Waals surface area (Å²) < 4.78 is 1.28. The van der Waals surface area contributed by atoms with Crippen LogP contribution >= 0.6 is 0 Å². The highest BCUT2D eigenvalue weighted by atomic mass is 16.4. The quantitative estimate of drug-likeness (QED) is 0.483. The third kappa shape index (κ3) is 14.1. The third-order valence-electron chi connectivity index (χ3n) is 4.50. The first-order chi connectivity index (χ1) is 9.66. The first kappa shape index (κ1) is 22.7. The SMILES string of the molecule is CC(C)(C)CCCCCC(=O)O.CC[N+](CC)(CC)CC. The van der Waals surface area contributed by atoms with E-state index in [0.717, 1.165) is 19.3 Å². The number of hydrogen-bond acceptors (Lipinski definition) is 1. The Balaban J connectivity index is 0. The molecule has 0 aliphatic heterocycles. The molecule has 0 aliphatic carbocycles. The zero-order valence-electron chi connectivity index (χ0n) is 15.7. The number of rotatable bonds is 9. The average Bonchev–Trinajstić information content (AvgIpc) is 2.41. The van der Waals surface area contributed by atoms with Gasteiger partial charge in [-0.15, -0.1) is 0 Å². The van der Waals surface area contributed by atoms with Crippen LogP contribution in [0.3, 0.4) is 0 Å². The molecule has 128 valence electrons. The Morgan fingerprint density at radius 2 is 1.29 bits per heavy atom. The number of hydrogen-bond donors (Lipinski definition) is 1. The van der Waals surface area contributed by atoms with Gasteiger partial charge in [0.2, 0.25) is 0 Å². The Kier molecular flexibility index (Phi) is 13.0. The van der Waals surface area contributed by atoms with Gasteiger partial charge in [0.25, 0.3) is 0 Å². The zero-order chi connectivity index (χ0) is 16.9. The standard InChI is InChI=1S/C10H20O2.C8H20N/c1-10(2,3)8-6-4-5-7-9(11)12;1-5-9(6-2,7-3)8-4/h4-8H2,1-3H3,(H,11,12);5-8H2,1-4H3/q;+1. The van der Waals surface area contributed by atoms with Gasteiger partial charge in [-0.05, 0) is 46.0 Å². The lowest BCUT2D eigenvalue weighted by Gasteiger charge is -2.34. The maximum Gasteiger partial charge on any atom is 0.303 e. The van der Waals surface area contributed by atoms with Gasteiger partial charge in [0.15, 0.2) is 0 Å². The molecule has 21 heavy (non-hydrogen) atoms. The molecule has 3 heteroatoms. The summed E-state index contributed by atoms with van der Waals surface area (Å²) in [5.74, 6) is -0.675. The van der Waals surface area contributed by atoms with Crippen molar-refractivity contribution in [2.24, 2.45) is 5.41 Å². The highest BCUT2D eigenvalue weighted by Crippen LogP contribution is 2.22. The molecule has 0 rings (SSSR count). The molecule has 0 spiro atoms. The van der Waals surface area contributed by atoms with E-state index in [4.69, 9.17) is 5.11 Å². The van der Waals surface area contributed by atoms with Crippen molar-refractivity contribution < 1.29 is 14.4 Å². The molecule has 0 amide bonds. The summed E-state index contributed by atoms with van der Waals surface area (Å²) in [4.78, 5) is 10.2. The molecule has 1 N–H and O–H groups in total. The molecule has 0 radical (unpaired) electrons. The summed E-state index contributed by atoms with van der Waals surface area (Å²) in [7, 11) is 0. The Bertz CT molecular complexity index is 235. The van der Waals surface area contributed by atoms with Gasteiger partial charge < -0.3 is 9.59 Å². The molecule has 0 saturated heterocycles. The highest BCUT2D eigenvalue weighted by molar-refractivity contribution is 5.66. The van der Waals surface area contributed by atoms with E-state index in [0.29, 0.717) is 11.8 Å². The molecule has 0 saturated carbocycles. The van der Waals surface area contributed by atoms with Crippen LogP contribution in [0.15, 0.2) is 0 Å². The minimum Gasteiger partial charge on any atom is -0.481 e. The van der Waals surface area contributed by atoms with E-state index in [9.17, 15) is 4.79 Å². The highest BCUT2D eigenvalue weighted by Gasteiger charge is 2.16. The number of nitrogens with zero attached hydrogens (tertiary/aromatic N) is 1. The number of quaternary nitrogens is 1. The summed E-state index contributed by atoms with van der Waals surface area (Å²) in [6.45, 7) is 20.9. The molecule has 0 bridgehead atoms. The van der Waals surface area contributed by atoms with E-state index in [2.05, 4.69) is 48.5 Å². The van der Waals surface area contributed by atoms with Crippen LogP contribution in [0.4, 0.5) is 0 Å². The average molecular weight is 303 g/mol. The van der Waals surface area contributed by atoms with Crippen LogP contribution in [-0.2, 0) is 4.79 Å². The molecule has 0 unspecified atom stereocenters. The van der Waals surface area contributed by atoms with E-state index in [1.165, 1.54) is 37.1 Å². The van der Waals surface area contributed by atoms with Gasteiger partial charge in [0, 0.05) is 6.42 Å². The van der Waals surface area contributed by atoms with Crippen LogP contribution in [0.5, 0.6) is 0 Å². The normalized spacial score (nSPS) is 11.8. The summed E-state index contributed by atoms with van der Waals surface area (Å²) in [5, 5.41) is 8.37. The van der Waals surface area contributed by atoms with Gasteiger partial charge >= 0.3 is 5.97 Å². The molecule has 0 aliphatic rings. The topological polar surface area (TPSA) is 37.3 Å². The molecular formula is C18H40NO2+. The fourth-order valence-electron chi connectivity index (χ4n) is 2.45. The Labute approximate surface area is 133 Å². The second-order valence-corrected chi connectivity index (χ2v) is 7.12. The summed E-state index contributed by atoms with van der Waals surface area (Å²) in [6.07, 6.45) is 4.53. The molecule has 0 aromatic carbocycles. The Morgan fingerprint density at radius 1 is 0.857 bits per heavy atom. The smallest absolute Gasteiger partial charge is 0.303 e. The van der Waals surface area contributed by atoms with Crippen molar-refractivity contribution >= 4 is 5.97 Å². The van der Waals surface area contributed by atoms with Gasteiger partial charge in [-0.1, -0.05) is 33.6 Å². The Morgan fingerprint density at radius 3 is 1.52 bits per heavy atom. The summed E-state index contributed by atoms with van der Waals surface area (Å²) >= 11 is 0. The van der Waals surface area contributed by atoms with E-state index < -0.39 is 5.97 Å². The maximum absolute atomic E-state index is 10.2. The first-order valence-electron chi connectivity index (χ1n) is 8.73. The molecular weight excluding hydrogens is 262 g/mol. The van der Waals surface area contributed by atoms with Crippen molar-refractivity contribution in [3.05, 3.63) is 0 Å². The van der Waals surface area contributed by atoms with Crippen molar-refractivity contribution in [3.8, 4) is 0 Å². The predicted octanol–water partition coefficient (Wildman–Crippen LogP) is 4.95. The summed E-state index contributed by atoms with van der Waals surface area (Å²) in [6, 6.07) is 0. The molecule has 0 heterocycles. The maximum atomic E-state index is 10.2. The van der Waals surface area contributed by atoms with Gasteiger partial charge in [-0.3, -0.25) is 4.79 Å². The Hall–Kier alpha value is -0.570. The minimum absolute atomic E-state index is 0.324. The number of carbonyl (C=O) groups is 1. The molecule has 0 aromatic rings. The van der Waals surface area contributed by atoms with Crippen LogP contribution < -0.4 is 0 Å². The van der Waals surface area contributed by atoms with Crippen LogP contribution in [-0.4, -0.2) is 41.7 Å². The summed E-state index contributed by atoms with van der Waals surface area (Å²) in [5.41, 5.74) is 0.392. The third-order valence-corrected chi connectivity index (χ3v) is 4.50. The zero-order valence-corrected chi connectivity index (χ0v) is 15.7.